The number of hydrogen-bond donors (Lipinski definition) is 3. The van der Waals surface area contributed by atoms with Crippen molar-refractivity contribution in [2.45, 2.75) is 31.7 Å². The van der Waals surface area contributed by atoms with E-state index >= 15 is 0 Å². The number of aromatic nitrogens is 1. The molecule has 2 aromatic rings. The topological polar surface area (TPSA) is 62.0 Å². The van der Waals surface area contributed by atoms with Gasteiger partial charge in [0.25, 0.3) is 0 Å². The zero-order valence-electron chi connectivity index (χ0n) is 9.16. The number of hydrogen-bond acceptors (Lipinski definition) is 2. The lowest BCUT2D eigenvalue weighted by Crippen LogP contribution is -2.12. The Hall–Kier alpha value is -1.48. The molecule has 1 aromatic carbocycles. The van der Waals surface area contributed by atoms with E-state index in [-0.39, 0.29) is 0 Å². The van der Waals surface area contributed by atoms with Crippen molar-refractivity contribution < 1.29 is 5.11 Å². The molecule has 84 valence electrons. The fraction of sp³-hybridized carbons (Fsp3) is 0.385. The highest BCUT2D eigenvalue weighted by atomic mass is 16.3. The molecule has 3 rings (SSSR count). The van der Waals surface area contributed by atoms with Crippen LogP contribution in [0.15, 0.2) is 18.2 Å². The molecule has 0 saturated heterocycles. The highest BCUT2D eigenvalue weighted by molar-refractivity contribution is 5.86. The van der Waals surface area contributed by atoms with E-state index in [0.29, 0.717) is 18.2 Å². The molecule has 0 atom stereocenters. The Morgan fingerprint density at radius 1 is 1.38 bits per heavy atom. The number of phenols is 1. The fourth-order valence-corrected chi connectivity index (χ4v) is 2.52. The van der Waals surface area contributed by atoms with E-state index in [0.717, 1.165) is 10.9 Å². The predicted molar refractivity (Wildman–Crippen MR) is 64.4 cm³/mol. The van der Waals surface area contributed by atoms with Crippen LogP contribution in [0.3, 0.4) is 0 Å². The van der Waals surface area contributed by atoms with Crippen LogP contribution in [0.4, 0.5) is 0 Å². The molecule has 0 amide bonds. The molecule has 0 aliphatic heterocycles. The summed E-state index contributed by atoms with van der Waals surface area (Å²) in [6.45, 7) is 0.537. The van der Waals surface area contributed by atoms with Crippen LogP contribution in [-0.4, -0.2) is 10.1 Å². The summed E-state index contributed by atoms with van der Waals surface area (Å²) in [5, 5.41) is 10.6. The highest BCUT2D eigenvalue weighted by Gasteiger charge is 2.24. The van der Waals surface area contributed by atoms with Gasteiger partial charge in [0.05, 0.1) is 0 Å². The van der Waals surface area contributed by atoms with Crippen molar-refractivity contribution in [1.82, 2.24) is 4.98 Å². The van der Waals surface area contributed by atoms with Crippen molar-refractivity contribution >= 4 is 10.9 Å². The van der Waals surface area contributed by atoms with E-state index in [2.05, 4.69) is 4.98 Å². The number of phenolic OH excluding ortho intramolecular Hbond substituents is 1. The maximum Gasteiger partial charge on any atom is 0.116 e. The van der Waals surface area contributed by atoms with Gasteiger partial charge in [-0.15, -0.1) is 0 Å². The van der Waals surface area contributed by atoms with Crippen LogP contribution in [0, 0.1) is 0 Å². The molecule has 0 spiro atoms. The van der Waals surface area contributed by atoms with Gasteiger partial charge in [0.1, 0.15) is 5.75 Å². The van der Waals surface area contributed by atoms with E-state index in [4.69, 9.17) is 5.73 Å². The molecule has 16 heavy (non-hydrogen) atoms. The Morgan fingerprint density at radius 3 is 2.81 bits per heavy atom. The van der Waals surface area contributed by atoms with Gasteiger partial charge in [-0.05, 0) is 42.5 Å². The smallest absolute Gasteiger partial charge is 0.116 e. The molecule has 1 aromatic heterocycles. The minimum Gasteiger partial charge on any atom is -0.508 e. The second-order valence-corrected chi connectivity index (χ2v) is 4.58. The molecule has 1 aliphatic carbocycles. The summed E-state index contributed by atoms with van der Waals surface area (Å²) in [7, 11) is 0. The van der Waals surface area contributed by atoms with Gasteiger partial charge in [-0.2, -0.15) is 0 Å². The first kappa shape index (κ1) is 9.73. The largest absolute Gasteiger partial charge is 0.508 e. The number of aromatic amines is 1. The summed E-state index contributed by atoms with van der Waals surface area (Å²) < 4.78 is 0. The molecule has 1 aliphatic rings. The van der Waals surface area contributed by atoms with Crippen LogP contribution in [0.5, 0.6) is 5.75 Å². The Balaban J connectivity index is 2.20. The first-order valence-electron chi connectivity index (χ1n) is 5.83. The highest BCUT2D eigenvalue weighted by Crippen LogP contribution is 2.40. The van der Waals surface area contributed by atoms with Gasteiger partial charge in [0.2, 0.25) is 0 Å². The van der Waals surface area contributed by atoms with Gasteiger partial charge in [-0.1, -0.05) is 6.42 Å². The summed E-state index contributed by atoms with van der Waals surface area (Å²) in [6.07, 6.45) is 3.83. The van der Waals surface area contributed by atoms with E-state index in [1.807, 2.05) is 6.07 Å². The van der Waals surface area contributed by atoms with Crippen LogP contribution >= 0.6 is 0 Å². The first-order valence-corrected chi connectivity index (χ1v) is 5.83. The Morgan fingerprint density at radius 2 is 2.19 bits per heavy atom. The molecular weight excluding hydrogens is 200 g/mol. The Kier molecular flexibility index (Phi) is 2.14. The number of aromatic hydroxyl groups is 1. The van der Waals surface area contributed by atoms with Gasteiger partial charge < -0.3 is 15.8 Å². The van der Waals surface area contributed by atoms with Crippen LogP contribution in [-0.2, 0) is 6.54 Å². The molecule has 0 bridgehead atoms. The maximum atomic E-state index is 9.51. The average molecular weight is 216 g/mol. The second kappa shape index (κ2) is 3.52. The van der Waals surface area contributed by atoms with E-state index < -0.39 is 0 Å². The molecule has 1 heterocycles. The number of H-pyrrole nitrogens is 1. The molecular formula is C13H16N2O. The van der Waals surface area contributed by atoms with Gasteiger partial charge in [0.15, 0.2) is 0 Å². The third kappa shape index (κ3) is 1.32. The van der Waals surface area contributed by atoms with Gasteiger partial charge in [-0.25, -0.2) is 0 Å². The number of nitrogens with two attached hydrogens (primary N) is 1. The minimum absolute atomic E-state index is 0.307. The Bertz CT molecular complexity index is 526. The zero-order valence-corrected chi connectivity index (χ0v) is 9.16. The number of fused-ring (bicyclic) bond motifs is 1. The number of rotatable bonds is 2. The molecule has 0 radical (unpaired) electrons. The van der Waals surface area contributed by atoms with Crippen molar-refractivity contribution in [3.8, 4) is 5.75 Å². The summed E-state index contributed by atoms with van der Waals surface area (Å²) in [4.78, 5) is 3.45. The lowest BCUT2D eigenvalue weighted by Gasteiger charge is -2.25. The quantitative estimate of drug-likeness (QED) is 0.722. The van der Waals surface area contributed by atoms with Crippen molar-refractivity contribution in [1.29, 1.82) is 0 Å². The number of benzene rings is 1. The average Bonchev–Trinajstić information content (AvgIpc) is 2.52. The molecule has 3 heteroatoms. The minimum atomic E-state index is 0.307. The van der Waals surface area contributed by atoms with E-state index in [9.17, 15) is 5.11 Å². The molecule has 1 fully saturated rings. The SMILES string of the molecule is NCc1c(C2CCC2)[nH]c2ccc(O)cc12. The first-order chi connectivity index (χ1) is 7.79. The summed E-state index contributed by atoms with van der Waals surface area (Å²) in [5.74, 6) is 0.953. The standard InChI is InChI=1S/C13H16N2O/c14-7-11-10-6-9(16)4-5-12(10)15-13(11)8-2-1-3-8/h4-6,8,15-16H,1-3,7,14H2. The van der Waals surface area contributed by atoms with Gasteiger partial charge in [-0.3, -0.25) is 0 Å². The fourth-order valence-electron chi connectivity index (χ4n) is 2.52. The monoisotopic (exact) mass is 216 g/mol. The summed E-state index contributed by atoms with van der Waals surface area (Å²) >= 11 is 0. The summed E-state index contributed by atoms with van der Waals surface area (Å²) in [5.41, 5.74) is 9.37. The predicted octanol–water partition coefficient (Wildman–Crippen LogP) is 2.60. The summed E-state index contributed by atoms with van der Waals surface area (Å²) in [6, 6.07) is 5.44. The van der Waals surface area contributed by atoms with Crippen molar-refractivity contribution in [2.75, 3.05) is 0 Å². The lowest BCUT2D eigenvalue weighted by atomic mass is 9.81. The molecule has 1 saturated carbocycles. The zero-order chi connectivity index (χ0) is 11.1. The third-order valence-corrected chi connectivity index (χ3v) is 3.64. The van der Waals surface area contributed by atoms with Crippen LogP contribution < -0.4 is 5.73 Å². The normalized spacial score (nSPS) is 16.6. The lowest BCUT2D eigenvalue weighted by molar-refractivity contribution is 0.410. The van der Waals surface area contributed by atoms with Crippen LogP contribution in [0.2, 0.25) is 0 Å². The van der Waals surface area contributed by atoms with Gasteiger partial charge >= 0.3 is 0 Å². The van der Waals surface area contributed by atoms with Gasteiger partial charge in [0, 0.05) is 23.1 Å². The molecule has 4 N–H and O–H groups in total. The van der Waals surface area contributed by atoms with Crippen LogP contribution in [0.25, 0.3) is 10.9 Å². The molecule has 3 nitrogen and oxygen atoms in total. The third-order valence-electron chi connectivity index (χ3n) is 3.64. The van der Waals surface area contributed by atoms with Crippen molar-refractivity contribution in [2.24, 2.45) is 5.73 Å². The van der Waals surface area contributed by atoms with E-state index in [1.165, 1.54) is 30.5 Å². The van der Waals surface area contributed by atoms with Crippen molar-refractivity contribution in [3.63, 3.8) is 0 Å². The Labute approximate surface area is 94.3 Å². The maximum absolute atomic E-state index is 9.51. The second-order valence-electron chi connectivity index (χ2n) is 4.58. The number of nitrogens with one attached hydrogen (secondary N) is 1. The molecule has 0 unspecified atom stereocenters. The van der Waals surface area contributed by atoms with E-state index in [1.54, 1.807) is 12.1 Å². The van der Waals surface area contributed by atoms with Crippen LogP contribution in [0.1, 0.15) is 36.4 Å². The van der Waals surface area contributed by atoms with Crippen molar-refractivity contribution in [3.05, 3.63) is 29.5 Å².